The molecule has 4 heteroatoms. The lowest BCUT2D eigenvalue weighted by molar-refractivity contribution is 0.00870. The van der Waals surface area contributed by atoms with Crippen molar-refractivity contribution in [2.75, 3.05) is 20.3 Å². The van der Waals surface area contributed by atoms with Gasteiger partial charge in [-0.05, 0) is 60.2 Å². The van der Waals surface area contributed by atoms with Gasteiger partial charge in [-0.2, -0.15) is 0 Å². The second kappa shape index (κ2) is 12.9. The lowest BCUT2D eigenvalue weighted by Gasteiger charge is -2.36. The number of hydrogen-bond donors (Lipinski definition) is 1. The third kappa shape index (κ3) is 6.34. The molecule has 0 saturated carbocycles. The Labute approximate surface area is 214 Å². The van der Waals surface area contributed by atoms with Gasteiger partial charge in [0.25, 0.3) is 0 Å². The molecule has 0 unspecified atom stereocenters. The van der Waals surface area contributed by atoms with E-state index in [0.29, 0.717) is 13.0 Å². The third-order valence-electron chi connectivity index (χ3n) is 6.29. The Hall–Kier alpha value is -3.60. The van der Waals surface area contributed by atoms with E-state index >= 15 is 0 Å². The Bertz CT molecular complexity index is 1050. The normalized spacial score (nSPS) is 12.2. The molecule has 0 spiro atoms. The van der Waals surface area contributed by atoms with Crippen LogP contribution in [-0.2, 0) is 10.3 Å². The Morgan fingerprint density at radius 3 is 1.58 bits per heavy atom. The highest BCUT2D eigenvalue weighted by Crippen LogP contribution is 2.40. The predicted molar refractivity (Wildman–Crippen MR) is 144 cm³/mol. The number of methoxy groups -OCH3 is 1. The zero-order chi connectivity index (χ0) is 25.1. The Kier molecular flexibility index (Phi) is 9.15. The largest absolute Gasteiger partial charge is 0.497 e. The van der Waals surface area contributed by atoms with E-state index in [9.17, 15) is 5.11 Å². The molecule has 1 atom stereocenters. The van der Waals surface area contributed by atoms with Gasteiger partial charge in [-0.15, -0.1) is 0 Å². The minimum absolute atomic E-state index is 0.259. The maximum Gasteiger partial charge on any atom is 0.143 e. The van der Waals surface area contributed by atoms with Gasteiger partial charge in [0.05, 0.1) is 13.2 Å². The van der Waals surface area contributed by atoms with Gasteiger partial charge in [0.1, 0.15) is 23.7 Å². The van der Waals surface area contributed by atoms with Crippen LogP contribution in [0.15, 0.2) is 115 Å². The molecule has 0 amide bonds. The molecule has 4 aromatic rings. The van der Waals surface area contributed by atoms with E-state index in [0.717, 1.165) is 41.0 Å². The van der Waals surface area contributed by atoms with Crippen LogP contribution in [0.2, 0.25) is 0 Å². The SMILES string of the molecule is COc1ccc(OC[C@H](O)CCCCOC(c2ccccc2)(c2ccccc2)c2ccccc2)cc1. The van der Waals surface area contributed by atoms with Gasteiger partial charge in [-0.3, -0.25) is 0 Å². The van der Waals surface area contributed by atoms with Crippen molar-refractivity contribution in [1.82, 2.24) is 0 Å². The van der Waals surface area contributed by atoms with Crippen LogP contribution in [0.4, 0.5) is 0 Å². The summed E-state index contributed by atoms with van der Waals surface area (Å²) in [6.07, 6.45) is 1.78. The Morgan fingerprint density at radius 2 is 1.11 bits per heavy atom. The van der Waals surface area contributed by atoms with Crippen molar-refractivity contribution in [3.8, 4) is 11.5 Å². The summed E-state index contributed by atoms with van der Waals surface area (Å²) in [4.78, 5) is 0. The summed E-state index contributed by atoms with van der Waals surface area (Å²) in [5, 5.41) is 10.4. The van der Waals surface area contributed by atoms with E-state index in [1.165, 1.54) is 0 Å². The molecule has 0 fully saturated rings. The van der Waals surface area contributed by atoms with E-state index in [4.69, 9.17) is 14.2 Å². The second-order valence-corrected chi connectivity index (χ2v) is 8.76. The Morgan fingerprint density at radius 1 is 0.639 bits per heavy atom. The van der Waals surface area contributed by atoms with E-state index in [-0.39, 0.29) is 6.61 Å². The van der Waals surface area contributed by atoms with Gasteiger partial charge in [-0.25, -0.2) is 0 Å². The highest BCUT2D eigenvalue weighted by atomic mass is 16.5. The quantitative estimate of drug-likeness (QED) is 0.172. The smallest absolute Gasteiger partial charge is 0.143 e. The Balaban J connectivity index is 1.39. The van der Waals surface area contributed by atoms with Crippen LogP contribution in [0.1, 0.15) is 36.0 Å². The number of hydrogen-bond acceptors (Lipinski definition) is 4. The zero-order valence-corrected chi connectivity index (χ0v) is 20.8. The van der Waals surface area contributed by atoms with E-state index in [2.05, 4.69) is 72.8 Å². The van der Waals surface area contributed by atoms with Crippen LogP contribution in [-0.4, -0.2) is 31.5 Å². The summed E-state index contributed by atoms with van der Waals surface area (Å²) in [5.41, 5.74) is 2.57. The van der Waals surface area contributed by atoms with Gasteiger partial charge >= 0.3 is 0 Å². The minimum Gasteiger partial charge on any atom is -0.497 e. The van der Waals surface area contributed by atoms with Crippen LogP contribution in [0.25, 0.3) is 0 Å². The maximum absolute atomic E-state index is 10.4. The first-order valence-corrected chi connectivity index (χ1v) is 12.5. The molecule has 4 aromatic carbocycles. The zero-order valence-electron chi connectivity index (χ0n) is 20.8. The van der Waals surface area contributed by atoms with Crippen LogP contribution in [0.3, 0.4) is 0 Å². The molecule has 1 N–H and O–H groups in total. The first kappa shape index (κ1) is 25.5. The molecular weight excluding hydrogens is 448 g/mol. The van der Waals surface area contributed by atoms with E-state index in [1.54, 1.807) is 7.11 Å². The number of aliphatic hydroxyl groups excluding tert-OH is 1. The lowest BCUT2D eigenvalue weighted by atomic mass is 9.80. The summed E-state index contributed by atoms with van der Waals surface area (Å²) in [5.74, 6) is 1.50. The molecule has 0 aromatic heterocycles. The van der Waals surface area contributed by atoms with Crippen molar-refractivity contribution < 1.29 is 19.3 Å². The number of ether oxygens (including phenoxy) is 3. The molecule has 0 radical (unpaired) electrons. The average Bonchev–Trinajstić information content (AvgIpc) is 2.95. The molecule has 36 heavy (non-hydrogen) atoms. The van der Waals surface area contributed by atoms with Crippen molar-refractivity contribution in [3.63, 3.8) is 0 Å². The van der Waals surface area contributed by atoms with Crippen molar-refractivity contribution in [3.05, 3.63) is 132 Å². The molecular formula is C32H34O4. The summed E-state index contributed by atoms with van der Waals surface area (Å²) in [7, 11) is 1.63. The molecule has 0 bridgehead atoms. The highest BCUT2D eigenvalue weighted by Gasteiger charge is 2.37. The molecule has 0 aliphatic carbocycles. The fourth-order valence-electron chi connectivity index (χ4n) is 4.42. The summed E-state index contributed by atoms with van der Waals surface area (Å²) in [6, 6.07) is 38.5. The van der Waals surface area contributed by atoms with Crippen LogP contribution in [0, 0.1) is 0 Å². The fraction of sp³-hybridized carbons (Fsp3) is 0.250. The molecule has 0 heterocycles. The standard InChI is InChI=1S/C32H34O4/c1-34-30-20-22-31(23-21-30)35-25-29(33)19-11-12-24-36-32(26-13-5-2-6-14-26,27-15-7-3-8-16-27)28-17-9-4-10-18-28/h2-10,13-18,20-23,29,33H,11-12,19,24-25H2,1H3/t29-/m1/s1. The number of rotatable bonds is 13. The van der Waals surface area contributed by atoms with Gasteiger partial charge in [0.2, 0.25) is 0 Å². The molecule has 4 rings (SSSR count). The van der Waals surface area contributed by atoms with Gasteiger partial charge in [-0.1, -0.05) is 91.0 Å². The van der Waals surface area contributed by atoms with Gasteiger partial charge in [0, 0.05) is 6.61 Å². The van der Waals surface area contributed by atoms with Crippen molar-refractivity contribution in [1.29, 1.82) is 0 Å². The topological polar surface area (TPSA) is 47.9 Å². The van der Waals surface area contributed by atoms with E-state index < -0.39 is 11.7 Å². The van der Waals surface area contributed by atoms with Crippen molar-refractivity contribution in [2.45, 2.75) is 31.0 Å². The monoisotopic (exact) mass is 482 g/mol. The highest BCUT2D eigenvalue weighted by molar-refractivity contribution is 5.47. The number of benzene rings is 4. The maximum atomic E-state index is 10.4. The lowest BCUT2D eigenvalue weighted by Crippen LogP contribution is -2.33. The third-order valence-corrected chi connectivity index (χ3v) is 6.29. The predicted octanol–water partition coefficient (Wildman–Crippen LogP) is 6.61. The fourth-order valence-corrected chi connectivity index (χ4v) is 4.42. The first-order chi connectivity index (χ1) is 17.7. The molecule has 186 valence electrons. The summed E-state index contributed by atoms with van der Waals surface area (Å²) in [6.45, 7) is 0.819. The summed E-state index contributed by atoms with van der Waals surface area (Å²) < 4.78 is 17.7. The molecule has 0 aliphatic heterocycles. The molecule has 4 nitrogen and oxygen atoms in total. The number of aliphatic hydroxyl groups is 1. The van der Waals surface area contributed by atoms with Gasteiger partial charge < -0.3 is 19.3 Å². The van der Waals surface area contributed by atoms with Crippen LogP contribution in [0.5, 0.6) is 11.5 Å². The van der Waals surface area contributed by atoms with Crippen LogP contribution < -0.4 is 9.47 Å². The summed E-state index contributed by atoms with van der Waals surface area (Å²) >= 11 is 0. The molecule has 0 saturated heterocycles. The molecule has 0 aliphatic rings. The first-order valence-electron chi connectivity index (χ1n) is 12.5. The van der Waals surface area contributed by atoms with Crippen LogP contribution >= 0.6 is 0 Å². The van der Waals surface area contributed by atoms with E-state index in [1.807, 2.05) is 42.5 Å². The van der Waals surface area contributed by atoms with Crippen molar-refractivity contribution >= 4 is 0 Å². The van der Waals surface area contributed by atoms with Gasteiger partial charge in [0.15, 0.2) is 0 Å². The minimum atomic E-state index is -0.708. The average molecular weight is 483 g/mol. The second-order valence-electron chi connectivity index (χ2n) is 8.76. The van der Waals surface area contributed by atoms with Crippen molar-refractivity contribution in [2.24, 2.45) is 0 Å². The number of unbranched alkanes of at least 4 members (excludes halogenated alkanes) is 1.